The van der Waals surface area contributed by atoms with E-state index in [-0.39, 0.29) is 23.5 Å². The summed E-state index contributed by atoms with van der Waals surface area (Å²) in [4.78, 5) is 26.2. The van der Waals surface area contributed by atoms with Crippen molar-refractivity contribution in [2.75, 3.05) is 13.1 Å². The van der Waals surface area contributed by atoms with Crippen LogP contribution in [0.4, 0.5) is 4.39 Å². The van der Waals surface area contributed by atoms with E-state index in [2.05, 4.69) is 5.32 Å². The van der Waals surface area contributed by atoms with Crippen molar-refractivity contribution < 1.29 is 14.0 Å². The Kier molecular flexibility index (Phi) is 6.73. The van der Waals surface area contributed by atoms with Gasteiger partial charge in [0.2, 0.25) is 11.8 Å². The van der Waals surface area contributed by atoms with Crippen LogP contribution in [0.5, 0.6) is 0 Å². The molecule has 0 aliphatic carbocycles. The summed E-state index contributed by atoms with van der Waals surface area (Å²) in [6.07, 6.45) is 2.88. The molecule has 1 heterocycles. The Balaban J connectivity index is 1.76. The molecule has 0 bridgehead atoms. The molecule has 1 aromatic carbocycles. The minimum absolute atomic E-state index is 0.00993. The molecular formula is C18H26FN3O2. The van der Waals surface area contributed by atoms with Crippen molar-refractivity contribution in [3.8, 4) is 0 Å². The summed E-state index contributed by atoms with van der Waals surface area (Å²) in [7, 11) is 0. The normalized spacial score (nSPS) is 16.7. The third-order valence-electron chi connectivity index (χ3n) is 4.47. The average molecular weight is 335 g/mol. The molecule has 1 saturated heterocycles. The summed E-state index contributed by atoms with van der Waals surface area (Å²) in [5.41, 5.74) is 6.74. The quantitative estimate of drug-likeness (QED) is 0.832. The number of nitrogens with two attached hydrogens (primary N) is 1. The molecule has 3 N–H and O–H groups in total. The minimum Gasteiger partial charge on any atom is -0.352 e. The van der Waals surface area contributed by atoms with Gasteiger partial charge in [0.05, 0.1) is 6.04 Å². The van der Waals surface area contributed by atoms with E-state index in [4.69, 9.17) is 5.73 Å². The first-order valence-corrected chi connectivity index (χ1v) is 8.57. The predicted octanol–water partition coefficient (Wildman–Crippen LogP) is 1.81. The van der Waals surface area contributed by atoms with E-state index in [0.29, 0.717) is 38.9 Å². The van der Waals surface area contributed by atoms with E-state index in [0.717, 1.165) is 12.0 Å². The summed E-state index contributed by atoms with van der Waals surface area (Å²) >= 11 is 0. The smallest absolute Gasteiger partial charge is 0.239 e. The van der Waals surface area contributed by atoms with Crippen molar-refractivity contribution in [2.24, 2.45) is 11.7 Å². The number of rotatable bonds is 6. The van der Waals surface area contributed by atoms with Crippen LogP contribution in [0, 0.1) is 11.7 Å². The summed E-state index contributed by atoms with van der Waals surface area (Å²) in [5.74, 6) is -0.397. The van der Waals surface area contributed by atoms with Gasteiger partial charge in [0.25, 0.3) is 0 Å². The molecule has 1 fully saturated rings. The number of amides is 2. The number of carbonyl (C=O) groups is 2. The molecule has 2 amide bonds. The van der Waals surface area contributed by atoms with Crippen LogP contribution in [0.2, 0.25) is 0 Å². The van der Waals surface area contributed by atoms with Crippen molar-refractivity contribution in [2.45, 2.75) is 45.2 Å². The number of halogens is 1. The van der Waals surface area contributed by atoms with Gasteiger partial charge in [-0.1, -0.05) is 25.5 Å². The van der Waals surface area contributed by atoms with Crippen LogP contribution in [0.15, 0.2) is 24.3 Å². The van der Waals surface area contributed by atoms with Crippen LogP contribution >= 0.6 is 0 Å². The molecule has 0 saturated carbocycles. The largest absolute Gasteiger partial charge is 0.352 e. The van der Waals surface area contributed by atoms with E-state index in [9.17, 15) is 14.0 Å². The van der Waals surface area contributed by atoms with Crippen LogP contribution < -0.4 is 11.1 Å². The van der Waals surface area contributed by atoms with E-state index in [1.54, 1.807) is 17.0 Å². The maximum absolute atomic E-state index is 12.9. The standard InChI is InChI=1S/C18H26FN3O2/c1-2-3-16(20)18(24)22-10-8-14(9-11-22)17(23)21-12-13-4-6-15(19)7-5-13/h4-7,14,16H,2-3,8-12,20H2,1H3,(H,21,23). The lowest BCUT2D eigenvalue weighted by atomic mass is 9.95. The molecule has 5 nitrogen and oxygen atoms in total. The molecule has 1 unspecified atom stereocenters. The van der Waals surface area contributed by atoms with Crippen molar-refractivity contribution in [1.29, 1.82) is 0 Å². The summed E-state index contributed by atoms with van der Waals surface area (Å²) < 4.78 is 12.9. The van der Waals surface area contributed by atoms with Gasteiger partial charge in [-0.25, -0.2) is 4.39 Å². The minimum atomic E-state index is -0.432. The Labute approximate surface area is 142 Å². The lowest BCUT2D eigenvalue weighted by molar-refractivity contribution is -0.136. The number of likely N-dealkylation sites (tertiary alicyclic amines) is 1. The average Bonchev–Trinajstić information content (AvgIpc) is 2.60. The number of hydrogen-bond acceptors (Lipinski definition) is 3. The molecule has 0 spiro atoms. The second kappa shape index (κ2) is 8.78. The predicted molar refractivity (Wildman–Crippen MR) is 90.4 cm³/mol. The van der Waals surface area contributed by atoms with Crippen LogP contribution in [0.1, 0.15) is 38.2 Å². The third kappa shape index (κ3) is 5.03. The highest BCUT2D eigenvalue weighted by molar-refractivity contribution is 5.82. The molecule has 6 heteroatoms. The van der Waals surface area contributed by atoms with Gasteiger partial charge in [-0.2, -0.15) is 0 Å². The highest BCUT2D eigenvalue weighted by atomic mass is 19.1. The first-order chi connectivity index (χ1) is 11.5. The summed E-state index contributed by atoms with van der Waals surface area (Å²) in [6.45, 7) is 3.54. The van der Waals surface area contributed by atoms with E-state index < -0.39 is 6.04 Å². The monoisotopic (exact) mass is 335 g/mol. The lowest BCUT2D eigenvalue weighted by Crippen LogP contribution is -2.48. The zero-order chi connectivity index (χ0) is 17.5. The van der Waals surface area contributed by atoms with Gasteiger partial charge in [-0.05, 0) is 37.0 Å². The van der Waals surface area contributed by atoms with Crippen LogP contribution in [-0.4, -0.2) is 35.8 Å². The van der Waals surface area contributed by atoms with E-state index in [1.807, 2.05) is 6.92 Å². The molecule has 132 valence electrons. The number of hydrogen-bond donors (Lipinski definition) is 2. The zero-order valence-electron chi connectivity index (χ0n) is 14.1. The zero-order valence-corrected chi connectivity index (χ0v) is 14.1. The Bertz CT molecular complexity index is 554. The van der Waals surface area contributed by atoms with E-state index in [1.165, 1.54) is 12.1 Å². The van der Waals surface area contributed by atoms with Gasteiger partial charge in [0.15, 0.2) is 0 Å². The van der Waals surface area contributed by atoms with Gasteiger partial charge in [0.1, 0.15) is 5.82 Å². The number of nitrogens with one attached hydrogen (secondary N) is 1. The molecule has 0 aromatic heterocycles. The van der Waals surface area contributed by atoms with Crippen LogP contribution in [0.3, 0.4) is 0 Å². The topological polar surface area (TPSA) is 75.4 Å². The maximum Gasteiger partial charge on any atom is 0.239 e. The number of piperidine rings is 1. The Morgan fingerprint density at radius 1 is 1.29 bits per heavy atom. The van der Waals surface area contributed by atoms with Gasteiger partial charge < -0.3 is 16.0 Å². The van der Waals surface area contributed by atoms with Crippen molar-refractivity contribution in [3.63, 3.8) is 0 Å². The van der Waals surface area contributed by atoms with Crippen molar-refractivity contribution >= 4 is 11.8 Å². The molecule has 1 aromatic rings. The molecule has 0 radical (unpaired) electrons. The Morgan fingerprint density at radius 2 is 1.92 bits per heavy atom. The van der Waals surface area contributed by atoms with E-state index >= 15 is 0 Å². The molecule has 1 atom stereocenters. The van der Waals surface area contributed by atoms with Crippen LogP contribution in [-0.2, 0) is 16.1 Å². The molecule has 2 rings (SSSR count). The fourth-order valence-electron chi connectivity index (χ4n) is 2.97. The number of benzene rings is 1. The Hall–Kier alpha value is -1.95. The highest BCUT2D eigenvalue weighted by Gasteiger charge is 2.29. The fourth-order valence-corrected chi connectivity index (χ4v) is 2.97. The molecule has 24 heavy (non-hydrogen) atoms. The van der Waals surface area contributed by atoms with Crippen molar-refractivity contribution in [3.05, 3.63) is 35.6 Å². The van der Waals surface area contributed by atoms with Crippen molar-refractivity contribution in [1.82, 2.24) is 10.2 Å². The number of nitrogens with zero attached hydrogens (tertiary/aromatic N) is 1. The number of carbonyl (C=O) groups excluding carboxylic acids is 2. The lowest BCUT2D eigenvalue weighted by Gasteiger charge is -2.33. The maximum atomic E-state index is 12.9. The molecule has 1 aliphatic heterocycles. The second-order valence-corrected chi connectivity index (χ2v) is 6.34. The van der Waals surface area contributed by atoms with Crippen LogP contribution in [0.25, 0.3) is 0 Å². The highest BCUT2D eigenvalue weighted by Crippen LogP contribution is 2.18. The van der Waals surface area contributed by atoms with Gasteiger partial charge in [0, 0.05) is 25.6 Å². The summed E-state index contributed by atoms with van der Waals surface area (Å²) in [5, 5.41) is 2.89. The third-order valence-corrected chi connectivity index (χ3v) is 4.47. The molecule has 1 aliphatic rings. The second-order valence-electron chi connectivity index (χ2n) is 6.34. The van der Waals surface area contributed by atoms with Gasteiger partial charge >= 0.3 is 0 Å². The first-order valence-electron chi connectivity index (χ1n) is 8.57. The van der Waals surface area contributed by atoms with Gasteiger partial charge in [-0.3, -0.25) is 9.59 Å². The first kappa shape index (κ1) is 18.4. The van der Waals surface area contributed by atoms with Gasteiger partial charge in [-0.15, -0.1) is 0 Å². The fraction of sp³-hybridized carbons (Fsp3) is 0.556. The molecular weight excluding hydrogens is 309 g/mol. The Morgan fingerprint density at radius 3 is 2.50 bits per heavy atom. The SMILES string of the molecule is CCCC(N)C(=O)N1CCC(C(=O)NCc2ccc(F)cc2)CC1. The summed E-state index contributed by atoms with van der Waals surface area (Å²) in [6, 6.07) is 5.65.